The van der Waals surface area contributed by atoms with E-state index in [4.69, 9.17) is 4.98 Å². The maximum atomic E-state index is 4.71. The summed E-state index contributed by atoms with van der Waals surface area (Å²) in [7, 11) is 0. The highest BCUT2D eigenvalue weighted by molar-refractivity contribution is 7.99. The maximum Gasteiger partial charge on any atom is 0.194 e. The number of fused-ring (bicyclic) bond motifs is 1. The molecular formula is C14H16N4S2. The summed E-state index contributed by atoms with van der Waals surface area (Å²) in [6.07, 6.45) is 3.89. The molecule has 0 aliphatic heterocycles. The van der Waals surface area contributed by atoms with Crippen molar-refractivity contribution in [2.24, 2.45) is 0 Å². The Hall–Kier alpha value is -1.37. The van der Waals surface area contributed by atoms with E-state index in [1.165, 1.54) is 5.69 Å². The zero-order valence-corrected chi connectivity index (χ0v) is 13.0. The van der Waals surface area contributed by atoms with Crippen LogP contribution in [0.25, 0.3) is 4.96 Å². The molecule has 0 saturated heterocycles. The van der Waals surface area contributed by atoms with E-state index in [2.05, 4.69) is 40.1 Å². The Labute approximate surface area is 126 Å². The first-order valence-electron chi connectivity index (χ1n) is 6.50. The number of pyridine rings is 1. The van der Waals surface area contributed by atoms with Gasteiger partial charge in [0.15, 0.2) is 4.96 Å². The molecule has 0 aliphatic carbocycles. The van der Waals surface area contributed by atoms with E-state index in [1.54, 1.807) is 23.1 Å². The van der Waals surface area contributed by atoms with E-state index < -0.39 is 0 Å². The SMILES string of the molecule is CC(C)NCc1c(Sc2ccccn2)nc2sccn12. The predicted octanol–water partition coefficient (Wildman–Crippen LogP) is 3.44. The van der Waals surface area contributed by atoms with Gasteiger partial charge >= 0.3 is 0 Å². The van der Waals surface area contributed by atoms with Crippen LogP contribution in [0.5, 0.6) is 0 Å². The molecule has 0 bridgehead atoms. The first kappa shape index (κ1) is 13.6. The number of imidazole rings is 1. The fraction of sp³-hybridized carbons (Fsp3) is 0.286. The molecule has 0 fully saturated rings. The van der Waals surface area contributed by atoms with Crippen LogP contribution in [0.2, 0.25) is 0 Å². The molecule has 3 rings (SSSR count). The van der Waals surface area contributed by atoms with Crippen molar-refractivity contribution >= 4 is 28.1 Å². The Morgan fingerprint density at radius 1 is 1.40 bits per heavy atom. The molecule has 0 radical (unpaired) electrons. The molecule has 104 valence electrons. The van der Waals surface area contributed by atoms with E-state index in [1.807, 2.05) is 24.4 Å². The zero-order chi connectivity index (χ0) is 13.9. The summed E-state index contributed by atoms with van der Waals surface area (Å²) >= 11 is 3.28. The molecule has 6 heteroatoms. The lowest BCUT2D eigenvalue weighted by molar-refractivity contribution is 0.574. The molecule has 20 heavy (non-hydrogen) atoms. The summed E-state index contributed by atoms with van der Waals surface area (Å²) in [6, 6.07) is 6.39. The van der Waals surface area contributed by atoms with Crippen molar-refractivity contribution in [1.82, 2.24) is 19.7 Å². The summed E-state index contributed by atoms with van der Waals surface area (Å²) < 4.78 is 2.16. The van der Waals surface area contributed by atoms with Gasteiger partial charge in [0.2, 0.25) is 0 Å². The average molecular weight is 304 g/mol. The first-order valence-corrected chi connectivity index (χ1v) is 8.20. The molecule has 1 N–H and O–H groups in total. The molecule has 4 nitrogen and oxygen atoms in total. The maximum absolute atomic E-state index is 4.71. The van der Waals surface area contributed by atoms with E-state index in [0.717, 1.165) is 21.6 Å². The number of hydrogen-bond donors (Lipinski definition) is 1. The second-order valence-electron chi connectivity index (χ2n) is 4.72. The third-order valence-electron chi connectivity index (χ3n) is 2.84. The Morgan fingerprint density at radius 2 is 2.30 bits per heavy atom. The third kappa shape index (κ3) is 2.87. The minimum Gasteiger partial charge on any atom is -0.309 e. The largest absolute Gasteiger partial charge is 0.309 e. The number of nitrogens with one attached hydrogen (secondary N) is 1. The number of thiazole rings is 1. The van der Waals surface area contributed by atoms with Gasteiger partial charge in [-0.2, -0.15) is 0 Å². The van der Waals surface area contributed by atoms with Crippen molar-refractivity contribution in [3.63, 3.8) is 0 Å². The van der Waals surface area contributed by atoms with E-state index in [9.17, 15) is 0 Å². The van der Waals surface area contributed by atoms with Crippen LogP contribution in [0.1, 0.15) is 19.5 Å². The Balaban J connectivity index is 1.92. The fourth-order valence-electron chi connectivity index (χ4n) is 1.86. The average Bonchev–Trinajstić information content (AvgIpc) is 2.99. The topological polar surface area (TPSA) is 42.2 Å². The molecular weight excluding hydrogens is 288 g/mol. The van der Waals surface area contributed by atoms with Gasteiger partial charge in [0.05, 0.1) is 5.69 Å². The van der Waals surface area contributed by atoms with Crippen molar-refractivity contribution < 1.29 is 0 Å². The summed E-state index contributed by atoms with van der Waals surface area (Å²) in [5, 5.41) is 7.54. The number of rotatable bonds is 5. The van der Waals surface area contributed by atoms with Gasteiger partial charge in [-0.3, -0.25) is 4.40 Å². The van der Waals surface area contributed by atoms with Crippen LogP contribution in [0.4, 0.5) is 0 Å². The number of hydrogen-bond acceptors (Lipinski definition) is 5. The summed E-state index contributed by atoms with van der Waals surface area (Å²) in [5.41, 5.74) is 1.20. The summed E-state index contributed by atoms with van der Waals surface area (Å²) in [5.74, 6) is 0. The van der Waals surface area contributed by atoms with Gasteiger partial charge in [-0.25, -0.2) is 9.97 Å². The van der Waals surface area contributed by atoms with Gasteiger partial charge < -0.3 is 5.32 Å². The Morgan fingerprint density at radius 3 is 3.05 bits per heavy atom. The van der Waals surface area contributed by atoms with Gasteiger partial charge in [0, 0.05) is 30.4 Å². The minimum absolute atomic E-state index is 0.451. The monoisotopic (exact) mass is 304 g/mol. The molecule has 0 atom stereocenters. The number of nitrogens with zero attached hydrogens (tertiary/aromatic N) is 3. The Kier molecular flexibility index (Phi) is 4.05. The zero-order valence-electron chi connectivity index (χ0n) is 11.4. The second-order valence-corrected chi connectivity index (χ2v) is 6.61. The molecule has 0 spiro atoms. The van der Waals surface area contributed by atoms with E-state index >= 15 is 0 Å². The van der Waals surface area contributed by atoms with Crippen molar-refractivity contribution in [1.29, 1.82) is 0 Å². The Bertz CT molecular complexity index is 688. The standard InChI is InChI=1S/C14H16N4S2/c1-10(2)16-9-11-13(17-14-18(11)7-8-19-14)20-12-5-3-4-6-15-12/h3-8,10,16H,9H2,1-2H3. The van der Waals surface area contributed by atoms with Crippen LogP contribution < -0.4 is 5.32 Å². The van der Waals surface area contributed by atoms with Crippen LogP contribution in [0, 0.1) is 0 Å². The van der Waals surface area contributed by atoms with Crippen LogP contribution >= 0.6 is 23.1 Å². The minimum atomic E-state index is 0.451. The fourth-order valence-corrected chi connectivity index (χ4v) is 3.53. The highest BCUT2D eigenvalue weighted by Crippen LogP contribution is 2.30. The summed E-state index contributed by atoms with van der Waals surface area (Å²) in [4.78, 5) is 10.1. The predicted molar refractivity (Wildman–Crippen MR) is 83.4 cm³/mol. The molecule has 3 heterocycles. The molecule has 3 aromatic rings. The smallest absolute Gasteiger partial charge is 0.194 e. The molecule has 0 aliphatic rings. The molecule has 0 unspecified atom stereocenters. The van der Waals surface area contributed by atoms with E-state index in [-0.39, 0.29) is 0 Å². The lowest BCUT2D eigenvalue weighted by atomic mass is 10.3. The lowest BCUT2D eigenvalue weighted by Gasteiger charge is -2.08. The first-order chi connectivity index (χ1) is 9.74. The second kappa shape index (κ2) is 5.95. The van der Waals surface area contributed by atoms with Crippen LogP contribution in [0.15, 0.2) is 46.0 Å². The van der Waals surface area contributed by atoms with Gasteiger partial charge in [0.25, 0.3) is 0 Å². The summed E-state index contributed by atoms with van der Waals surface area (Å²) in [6.45, 7) is 5.11. The molecule has 3 aromatic heterocycles. The molecule has 0 aromatic carbocycles. The van der Waals surface area contributed by atoms with Crippen LogP contribution in [0.3, 0.4) is 0 Å². The van der Waals surface area contributed by atoms with Gasteiger partial charge in [-0.1, -0.05) is 19.9 Å². The van der Waals surface area contributed by atoms with Gasteiger partial charge in [-0.15, -0.1) is 11.3 Å². The third-order valence-corrected chi connectivity index (χ3v) is 4.57. The van der Waals surface area contributed by atoms with E-state index in [0.29, 0.717) is 6.04 Å². The van der Waals surface area contributed by atoms with Crippen molar-refractivity contribution in [3.05, 3.63) is 41.7 Å². The van der Waals surface area contributed by atoms with Crippen molar-refractivity contribution in [2.75, 3.05) is 0 Å². The highest BCUT2D eigenvalue weighted by Gasteiger charge is 2.14. The number of aromatic nitrogens is 3. The van der Waals surface area contributed by atoms with Crippen LogP contribution in [-0.2, 0) is 6.54 Å². The van der Waals surface area contributed by atoms with Gasteiger partial charge in [-0.05, 0) is 23.9 Å². The highest BCUT2D eigenvalue weighted by atomic mass is 32.2. The van der Waals surface area contributed by atoms with Crippen molar-refractivity contribution in [2.45, 2.75) is 36.5 Å². The molecule has 0 saturated carbocycles. The van der Waals surface area contributed by atoms with Crippen LogP contribution in [-0.4, -0.2) is 20.4 Å². The van der Waals surface area contributed by atoms with Gasteiger partial charge in [0.1, 0.15) is 10.1 Å². The normalized spacial score (nSPS) is 11.6. The van der Waals surface area contributed by atoms with Crippen molar-refractivity contribution in [3.8, 4) is 0 Å². The molecule has 0 amide bonds. The quantitative estimate of drug-likeness (QED) is 0.784. The lowest BCUT2D eigenvalue weighted by Crippen LogP contribution is -2.22.